The topological polar surface area (TPSA) is 63.6 Å². The molecule has 0 aliphatic carbocycles. The summed E-state index contributed by atoms with van der Waals surface area (Å²) in [5, 5.41) is 6.51. The van der Waals surface area contributed by atoms with E-state index in [2.05, 4.69) is 40.1 Å². The minimum atomic E-state index is -0.545. The minimum Gasteiger partial charge on any atom is -0.373 e. The maximum Gasteiger partial charge on any atom is 0.257 e. The standard InChI is InChI=1S/C19H20BrN3O2S2/c1-18(2)8-13-9-27-17(22-15(24)12-6-4-3-5-7-12)23-19(13,11-25-18)16-21-14(20)10-26-16/h3-7,10,13H,8-9,11H2,1-2H3,(H,22,23,24)/t13-,19-/m0/s1. The molecule has 0 unspecified atom stereocenters. The molecule has 2 aromatic rings. The molecular weight excluding hydrogens is 446 g/mol. The highest BCUT2D eigenvalue weighted by Crippen LogP contribution is 2.49. The number of amidine groups is 1. The van der Waals surface area contributed by atoms with E-state index >= 15 is 0 Å². The number of hydrogen-bond acceptors (Lipinski definition) is 6. The zero-order chi connectivity index (χ0) is 19.1. The molecule has 5 nitrogen and oxygen atoms in total. The number of rotatable bonds is 2. The van der Waals surface area contributed by atoms with E-state index < -0.39 is 5.54 Å². The van der Waals surface area contributed by atoms with Gasteiger partial charge in [0.1, 0.15) is 15.1 Å². The number of halogens is 1. The Hall–Kier alpha value is -1.22. The smallest absolute Gasteiger partial charge is 0.257 e. The van der Waals surface area contributed by atoms with E-state index in [0.29, 0.717) is 23.3 Å². The number of hydrogen-bond donors (Lipinski definition) is 1. The average molecular weight is 466 g/mol. The molecule has 1 saturated heterocycles. The summed E-state index contributed by atoms with van der Waals surface area (Å²) in [7, 11) is 0. The Bertz CT molecular complexity index is 884. The van der Waals surface area contributed by atoms with Gasteiger partial charge >= 0.3 is 0 Å². The second kappa shape index (κ2) is 7.31. The third-order valence-electron chi connectivity index (χ3n) is 4.92. The first-order chi connectivity index (χ1) is 12.9. The number of benzene rings is 1. The minimum absolute atomic E-state index is 0.146. The molecule has 1 fully saturated rings. The Morgan fingerprint density at radius 2 is 2.11 bits per heavy atom. The summed E-state index contributed by atoms with van der Waals surface area (Å²) in [4.78, 5) is 22.2. The van der Waals surface area contributed by atoms with Crippen molar-refractivity contribution in [2.75, 3.05) is 12.4 Å². The number of fused-ring (bicyclic) bond motifs is 1. The summed E-state index contributed by atoms with van der Waals surface area (Å²) in [6.45, 7) is 4.71. The zero-order valence-electron chi connectivity index (χ0n) is 15.1. The number of ether oxygens (including phenoxy) is 1. The number of aliphatic imine (C=N–C) groups is 1. The monoisotopic (exact) mass is 465 g/mol. The molecule has 4 rings (SSSR count). The molecule has 2 atom stereocenters. The number of amides is 1. The highest BCUT2D eigenvalue weighted by molar-refractivity contribution is 9.10. The van der Waals surface area contributed by atoms with Crippen LogP contribution in [0.4, 0.5) is 0 Å². The lowest BCUT2D eigenvalue weighted by atomic mass is 9.77. The Morgan fingerprint density at radius 1 is 1.33 bits per heavy atom. The van der Waals surface area contributed by atoms with Crippen molar-refractivity contribution in [2.45, 2.75) is 31.4 Å². The first-order valence-electron chi connectivity index (χ1n) is 8.72. The van der Waals surface area contributed by atoms with Crippen LogP contribution in [0.1, 0.15) is 35.6 Å². The number of thioether (sulfide) groups is 1. The van der Waals surface area contributed by atoms with Crippen molar-refractivity contribution >= 4 is 50.1 Å². The summed E-state index contributed by atoms with van der Waals surface area (Å²) >= 11 is 6.64. The van der Waals surface area contributed by atoms with E-state index in [1.807, 2.05) is 23.6 Å². The van der Waals surface area contributed by atoms with E-state index in [1.54, 1.807) is 35.2 Å². The van der Waals surface area contributed by atoms with Gasteiger partial charge in [0, 0.05) is 22.6 Å². The molecule has 0 radical (unpaired) electrons. The molecular formula is C19H20BrN3O2S2. The maximum atomic E-state index is 12.6. The van der Waals surface area contributed by atoms with Gasteiger partial charge < -0.3 is 10.1 Å². The number of nitrogens with zero attached hydrogens (tertiary/aromatic N) is 2. The molecule has 8 heteroatoms. The van der Waals surface area contributed by atoms with Gasteiger partial charge in [-0.05, 0) is 48.3 Å². The van der Waals surface area contributed by atoms with Gasteiger partial charge in [-0.1, -0.05) is 30.0 Å². The zero-order valence-corrected chi connectivity index (χ0v) is 18.3. The molecule has 0 saturated carbocycles. The SMILES string of the molecule is CC1(C)C[C@H]2CSC(NC(=O)c3ccccc3)=N[C@@]2(c2nc(Br)cs2)CO1. The van der Waals surface area contributed by atoms with Gasteiger partial charge in [-0.15, -0.1) is 11.3 Å². The Labute approximate surface area is 175 Å². The van der Waals surface area contributed by atoms with E-state index in [4.69, 9.17) is 9.73 Å². The van der Waals surface area contributed by atoms with Gasteiger partial charge in [0.05, 0.1) is 12.2 Å². The molecule has 1 amide bonds. The van der Waals surface area contributed by atoms with Crippen LogP contribution in [0.25, 0.3) is 0 Å². The number of carbonyl (C=O) groups is 1. The second-order valence-electron chi connectivity index (χ2n) is 7.40. The number of nitrogens with one attached hydrogen (secondary N) is 1. The highest BCUT2D eigenvalue weighted by Gasteiger charge is 2.52. The molecule has 1 aromatic carbocycles. The van der Waals surface area contributed by atoms with E-state index in [1.165, 1.54) is 0 Å². The Morgan fingerprint density at radius 3 is 2.81 bits per heavy atom. The van der Waals surface area contributed by atoms with Crippen molar-refractivity contribution in [3.05, 3.63) is 50.9 Å². The molecule has 1 N–H and O–H groups in total. The van der Waals surface area contributed by atoms with Gasteiger partial charge in [-0.3, -0.25) is 4.79 Å². The van der Waals surface area contributed by atoms with Crippen LogP contribution < -0.4 is 5.32 Å². The van der Waals surface area contributed by atoms with Gasteiger partial charge in [-0.25, -0.2) is 9.98 Å². The molecule has 0 bridgehead atoms. The van der Waals surface area contributed by atoms with Gasteiger partial charge in [0.25, 0.3) is 5.91 Å². The van der Waals surface area contributed by atoms with Crippen LogP contribution in [0.3, 0.4) is 0 Å². The summed E-state index contributed by atoms with van der Waals surface area (Å²) in [6.07, 6.45) is 0.903. The van der Waals surface area contributed by atoms with Crippen molar-refractivity contribution in [3.8, 4) is 0 Å². The van der Waals surface area contributed by atoms with Crippen LogP contribution in [0, 0.1) is 5.92 Å². The molecule has 142 valence electrons. The van der Waals surface area contributed by atoms with Gasteiger partial charge in [-0.2, -0.15) is 0 Å². The number of thiazole rings is 1. The van der Waals surface area contributed by atoms with Crippen molar-refractivity contribution in [2.24, 2.45) is 10.9 Å². The lowest BCUT2D eigenvalue weighted by molar-refractivity contribution is -0.110. The summed E-state index contributed by atoms with van der Waals surface area (Å²) in [5.41, 5.74) is -0.102. The molecule has 3 heterocycles. The van der Waals surface area contributed by atoms with E-state index in [9.17, 15) is 4.79 Å². The van der Waals surface area contributed by atoms with Crippen LogP contribution in [0.2, 0.25) is 0 Å². The lowest BCUT2D eigenvalue weighted by Gasteiger charge is -2.48. The fraction of sp³-hybridized carbons (Fsp3) is 0.421. The fourth-order valence-corrected chi connectivity index (χ4v) is 6.13. The largest absolute Gasteiger partial charge is 0.373 e. The highest BCUT2D eigenvalue weighted by atomic mass is 79.9. The maximum absolute atomic E-state index is 12.6. The van der Waals surface area contributed by atoms with Crippen LogP contribution >= 0.6 is 39.0 Å². The summed E-state index contributed by atoms with van der Waals surface area (Å²) in [5.74, 6) is 1.03. The fourth-order valence-electron chi connectivity index (χ4n) is 3.52. The predicted octanol–water partition coefficient (Wildman–Crippen LogP) is 4.45. The normalized spacial score (nSPS) is 26.8. The number of aromatic nitrogens is 1. The molecule has 0 spiro atoms. The quantitative estimate of drug-likeness (QED) is 0.711. The van der Waals surface area contributed by atoms with E-state index in [0.717, 1.165) is 21.8 Å². The number of carbonyl (C=O) groups excluding carboxylic acids is 1. The van der Waals surface area contributed by atoms with Crippen molar-refractivity contribution < 1.29 is 9.53 Å². The molecule has 2 aliphatic rings. The summed E-state index contributed by atoms with van der Waals surface area (Å²) < 4.78 is 6.97. The first-order valence-corrected chi connectivity index (χ1v) is 11.4. The molecule has 27 heavy (non-hydrogen) atoms. The molecule has 1 aromatic heterocycles. The average Bonchev–Trinajstić information content (AvgIpc) is 3.09. The Balaban J connectivity index is 1.67. The van der Waals surface area contributed by atoms with Crippen molar-refractivity contribution in [1.29, 1.82) is 0 Å². The predicted molar refractivity (Wildman–Crippen MR) is 113 cm³/mol. The van der Waals surface area contributed by atoms with Crippen LogP contribution in [-0.2, 0) is 10.3 Å². The van der Waals surface area contributed by atoms with Crippen LogP contribution in [0.15, 0.2) is 45.3 Å². The lowest BCUT2D eigenvalue weighted by Crippen LogP contribution is -2.53. The third-order valence-corrected chi connectivity index (χ3v) is 7.68. The van der Waals surface area contributed by atoms with E-state index in [-0.39, 0.29) is 11.5 Å². The second-order valence-corrected chi connectivity index (χ2v) is 10.1. The molecule has 2 aliphatic heterocycles. The van der Waals surface area contributed by atoms with Gasteiger partial charge in [0.2, 0.25) is 0 Å². The Kier molecular flexibility index (Phi) is 5.18. The summed E-state index contributed by atoms with van der Waals surface area (Å²) in [6, 6.07) is 9.20. The first kappa shape index (κ1) is 19.1. The van der Waals surface area contributed by atoms with Gasteiger partial charge in [0.15, 0.2) is 5.17 Å². The van der Waals surface area contributed by atoms with Crippen LogP contribution in [-0.4, -0.2) is 34.0 Å². The third kappa shape index (κ3) is 3.85. The van der Waals surface area contributed by atoms with Crippen molar-refractivity contribution in [1.82, 2.24) is 10.3 Å². The van der Waals surface area contributed by atoms with Crippen molar-refractivity contribution in [3.63, 3.8) is 0 Å². The van der Waals surface area contributed by atoms with Crippen LogP contribution in [0.5, 0.6) is 0 Å².